The number of carbonyl (C=O) groups excluding carboxylic acids is 1. The second kappa shape index (κ2) is 13.0. The van der Waals surface area contributed by atoms with E-state index in [1.54, 1.807) is 7.11 Å². The Labute approximate surface area is 201 Å². The number of hydrogen-bond acceptors (Lipinski definition) is 4. The van der Waals surface area contributed by atoms with Gasteiger partial charge in [0.1, 0.15) is 5.75 Å². The zero-order valence-electron chi connectivity index (χ0n) is 18.2. The van der Waals surface area contributed by atoms with Crippen LogP contribution >= 0.6 is 24.0 Å². The highest BCUT2D eigenvalue weighted by molar-refractivity contribution is 14.0. The van der Waals surface area contributed by atoms with E-state index in [0.29, 0.717) is 12.1 Å². The molecule has 0 aromatic heterocycles. The van der Waals surface area contributed by atoms with Crippen molar-refractivity contribution >= 4 is 41.5 Å². The molecule has 3 rings (SSSR count). The molecule has 1 heterocycles. The van der Waals surface area contributed by atoms with Crippen LogP contribution in [0.25, 0.3) is 0 Å². The zero-order valence-corrected chi connectivity index (χ0v) is 20.5. The summed E-state index contributed by atoms with van der Waals surface area (Å²) >= 11 is 0. The standard InChI is InChI=1S/C23H31N5O2.HI/c1-24-23(26-14-6-13-25-22(29)19-7-4-3-5-8-19)28-17-15-27(16-18-28)20-9-11-21(30-2)12-10-20;/h3-5,7-12H,6,13-18H2,1-2H3,(H,24,26)(H,25,29);1H. The number of benzene rings is 2. The summed E-state index contributed by atoms with van der Waals surface area (Å²) in [7, 11) is 3.50. The minimum absolute atomic E-state index is 0. The van der Waals surface area contributed by atoms with Crippen LogP contribution in [0.15, 0.2) is 59.6 Å². The van der Waals surface area contributed by atoms with Crippen LogP contribution in [-0.2, 0) is 0 Å². The van der Waals surface area contributed by atoms with Crippen LogP contribution in [0.4, 0.5) is 5.69 Å². The van der Waals surface area contributed by atoms with Crippen molar-refractivity contribution in [3.8, 4) is 5.75 Å². The Hall–Kier alpha value is -2.49. The average Bonchev–Trinajstić information content (AvgIpc) is 2.82. The highest BCUT2D eigenvalue weighted by atomic mass is 127. The molecule has 31 heavy (non-hydrogen) atoms. The molecule has 1 fully saturated rings. The van der Waals surface area contributed by atoms with Gasteiger partial charge in [0.05, 0.1) is 7.11 Å². The maximum atomic E-state index is 12.1. The lowest BCUT2D eigenvalue weighted by Gasteiger charge is -2.37. The van der Waals surface area contributed by atoms with Gasteiger partial charge in [-0.2, -0.15) is 0 Å². The molecule has 2 N–H and O–H groups in total. The Bertz CT molecular complexity index is 822. The quantitative estimate of drug-likeness (QED) is 0.246. The maximum Gasteiger partial charge on any atom is 0.251 e. The summed E-state index contributed by atoms with van der Waals surface area (Å²) in [6.07, 6.45) is 0.837. The number of anilines is 1. The summed E-state index contributed by atoms with van der Waals surface area (Å²) in [6.45, 7) is 5.11. The van der Waals surface area contributed by atoms with E-state index in [4.69, 9.17) is 4.74 Å². The van der Waals surface area contributed by atoms with Crippen molar-refractivity contribution < 1.29 is 9.53 Å². The van der Waals surface area contributed by atoms with Crippen molar-refractivity contribution in [1.29, 1.82) is 0 Å². The molecule has 1 aliphatic heterocycles. The number of ether oxygens (including phenoxy) is 1. The molecule has 1 amide bonds. The first-order valence-electron chi connectivity index (χ1n) is 10.4. The summed E-state index contributed by atoms with van der Waals surface area (Å²) in [6, 6.07) is 17.5. The number of amides is 1. The molecule has 7 nitrogen and oxygen atoms in total. The van der Waals surface area contributed by atoms with Crippen molar-refractivity contribution in [1.82, 2.24) is 15.5 Å². The number of halogens is 1. The maximum absolute atomic E-state index is 12.1. The Balaban J connectivity index is 0.00000341. The van der Waals surface area contributed by atoms with Crippen molar-refractivity contribution in [2.24, 2.45) is 4.99 Å². The Kier molecular flexibility index (Phi) is 10.4. The first-order valence-corrected chi connectivity index (χ1v) is 10.4. The third kappa shape index (κ3) is 7.30. The monoisotopic (exact) mass is 537 g/mol. The fourth-order valence-corrected chi connectivity index (χ4v) is 3.48. The van der Waals surface area contributed by atoms with Gasteiger partial charge in [0.2, 0.25) is 0 Å². The zero-order chi connectivity index (χ0) is 21.2. The molecule has 1 saturated heterocycles. The topological polar surface area (TPSA) is 69.2 Å². The van der Waals surface area contributed by atoms with Crippen LogP contribution in [0.3, 0.4) is 0 Å². The number of methoxy groups -OCH3 is 1. The summed E-state index contributed by atoms with van der Waals surface area (Å²) < 4.78 is 5.24. The molecular formula is C23H32IN5O2. The Morgan fingerprint density at radius 2 is 1.61 bits per heavy atom. The Morgan fingerprint density at radius 1 is 0.968 bits per heavy atom. The molecule has 0 radical (unpaired) electrons. The summed E-state index contributed by atoms with van der Waals surface area (Å²) in [5.41, 5.74) is 1.91. The molecule has 8 heteroatoms. The second-order valence-electron chi connectivity index (χ2n) is 7.12. The van der Waals surface area contributed by atoms with Crippen LogP contribution < -0.4 is 20.3 Å². The van der Waals surface area contributed by atoms with Gasteiger partial charge in [0.25, 0.3) is 5.91 Å². The largest absolute Gasteiger partial charge is 0.497 e. The van der Waals surface area contributed by atoms with E-state index >= 15 is 0 Å². The molecule has 2 aromatic rings. The van der Waals surface area contributed by atoms with Crippen LogP contribution in [-0.4, -0.2) is 70.2 Å². The highest BCUT2D eigenvalue weighted by Gasteiger charge is 2.19. The number of nitrogens with one attached hydrogen (secondary N) is 2. The molecule has 0 atom stereocenters. The molecular weight excluding hydrogens is 505 g/mol. The SMILES string of the molecule is CN=C(NCCCNC(=O)c1ccccc1)N1CCN(c2ccc(OC)cc2)CC1.I. The highest BCUT2D eigenvalue weighted by Crippen LogP contribution is 2.20. The molecule has 0 spiro atoms. The summed E-state index contributed by atoms with van der Waals surface area (Å²) in [5.74, 6) is 1.76. The number of guanidine groups is 1. The lowest BCUT2D eigenvalue weighted by molar-refractivity contribution is 0.0953. The van der Waals surface area contributed by atoms with Crippen LogP contribution in [0.2, 0.25) is 0 Å². The van der Waals surface area contributed by atoms with Crippen molar-refractivity contribution in [3.63, 3.8) is 0 Å². The number of rotatable bonds is 7. The average molecular weight is 537 g/mol. The van der Waals surface area contributed by atoms with Crippen molar-refractivity contribution in [2.75, 3.05) is 58.3 Å². The smallest absolute Gasteiger partial charge is 0.251 e. The van der Waals surface area contributed by atoms with Crippen molar-refractivity contribution in [3.05, 3.63) is 60.2 Å². The normalized spacial score (nSPS) is 13.9. The van der Waals surface area contributed by atoms with E-state index in [1.807, 2.05) is 49.5 Å². The van der Waals surface area contributed by atoms with Gasteiger partial charge in [-0.15, -0.1) is 24.0 Å². The minimum Gasteiger partial charge on any atom is -0.497 e. The molecule has 0 bridgehead atoms. The molecule has 0 unspecified atom stereocenters. The fraction of sp³-hybridized carbons (Fsp3) is 0.391. The van der Waals surface area contributed by atoms with E-state index in [1.165, 1.54) is 5.69 Å². The Morgan fingerprint density at radius 3 is 2.23 bits per heavy atom. The van der Waals surface area contributed by atoms with Gasteiger partial charge in [-0.25, -0.2) is 0 Å². The predicted molar refractivity (Wildman–Crippen MR) is 137 cm³/mol. The van der Waals surface area contributed by atoms with E-state index in [2.05, 4.69) is 37.6 Å². The number of aliphatic imine (C=N–C) groups is 1. The fourth-order valence-electron chi connectivity index (χ4n) is 3.48. The first kappa shape index (κ1) is 24.8. The van der Waals surface area contributed by atoms with Gasteiger partial charge in [0.15, 0.2) is 5.96 Å². The van der Waals surface area contributed by atoms with Gasteiger partial charge >= 0.3 is 0 Å². The number of hydrogen-bond donors (Lipinski definition) is 2. The summed E-state index contributed by atoms with van der Waals surface area (Å²) in [4.78, 5) is 21.1. The minimum atomic E-state index is -0.0327. The number of carbonyl (C=O) groups is 1. The molecule has 0 aliphatic carbocycles. The second-order valence-corrected chi connectivity index (χ2v) is 7.12. The number of nitrogens with zero attached hydrogens (tertiary/aromatic N) is 3. The van der Waals surface area contributed by atoms with Crippen LogP contribution in [0.1, 0.15) is 16.8 Å². The molecule has 168 valence electrons. The van der Waals surface area contributed by atoms with Crippen molar-refractivity contribution in [2.45, 2.75) is 6.42 Å². The van der Waals surface area contributed by atoms with Gasteiger partial charge in [0, 0.05) is 57.6 Å². The summed E-state index contributed by atoms with van der Waals surface area (Å²) in [5, 5.41) is 6.37. The first-order chi connectivity index (χ1) is 14.7. The van der Waals surface area contributed by atoms with E-state index < -0.39 is 0 Å². The number of piperazine rings is 1. The van der Waals surface area contributed by atoms with Crippen LogP contribution in [0.5, 0.6) is 5.75 Å². The third-order valence-corrected chi connectivity index (χ3v) is 5.19. The molecule has 1 aliphatic rings. The van der Waals surface area contributed by atoms with Gasteiger partial charge in [-0.05, 0) is 42.8 Å². The van der Waals surface area contributed by atoms with E-state index in [-0.39, 0.29) is 29.9 Å². The van der Waals surface area contributed by atoms with Gasteiger partial charge in [-0.3, -0.25) is 9.79 Å². The van der Waals surface area contributed by atoms with Gasteiger partial charge < -0.3 is 25.2 Å². The van der Waals surface area contributed by atoms with Crippen LogP contribution in [0, 0.1) is 0 Å². The van der Waals surface area contributed by atoms with E-state index in [9.17, 15) is 4.79 Å². The lowest BCUT2D eigenvalue weighted by Crippen LogP contribution is -2.52. The predicted octanol–water partition coefficient (Wildman–Crippen LogP) is 2.83. The third-order valence-electron chi connectivity index (χ3n) is 5.19. The molecule has 2 aromatic carbocycles. The van der Waals surface area contributed by atoms with Gasteiger partial charge in [-0.1, -0.05) is 18.2 Å². The lowest BCUT2D eigenvalue weighted by atomic mass is 10.2. The molecule has 0 saturated carbocycles. The van der Waals surface area contributed by atoms with E-state index in [0.717, 1.165) is 50.9 Å².